The summed E-state index contributed by atoms with van der Waals surface area (Å²) in [5.41, 5.74) is 9.53. The van der Waals surface area contributed by atoms with Crippen molar-refractivity contribution >= 4 is 98.1 Å². The van der Waals surface area contributed by atoms with Gasteiger partial charge in [-0.1, -0.05) is 121 Å². The number of anilines is 1. The Hall–Kier alpha value is -6.69. The van der Waals surface area contributed by atoms with Crippen molar-refractivity contribution in [3.63, 3.8) is 0 Å². The zero-order valence-corrected chi connectivity index (χ0v) is 29.2. The summed E-state index contributed by atoms with van der Waals surface area (Å²) in [7, 11) is 0. The van der Waals surface area contributed by atoms with Gasteiger partial charge in [-0.25, -0.2) is 0 Å². The Morgan fingerprint density at radius 3 is 2.25 bits per heavy atom. The fraction of sp³-hybridized carbons (Fsp3) is 0.0208. The molecule has 8 aromatic carbocycles. The number of para-hydroxylation sites is 1. The molecule has 0 fully saturated rings. The highest BCUT2D eigenvalue weighted by Gasteiger charge is 2.29. The van der Waals surface area contributed by atoms with Crippen LogP contribution in [-0.4, -0.2) is 10.3 Å². The number of nitrogens with one attached hydrogen (secondary N) is 1. The predicted molar refractivity (Wildman–Crippen MR) is 223 cm³/mol. The van der Waals surface area contributed by atoms with Crippen molar-refractivity contribution in [1.29, 1.82) is 0 Å². The van der Waals surface area contributed by atoms with Crippen molar-refractivity contribution in [3.05, 3.63) is 180 Å². The molecule has 0 bridgehead atoms. The quantitative estimate of drug-likeness (QED) is 0.200. The molecule has 1 N–H and O–H groups in total. The van der Waals surface area contributed by atoms with E-state index in [1.54, 1.807) is 11.3 Å². The van der Waals surface area contributed by atoms with Gasteiger partial charge in [0.25, 0.3) is 0 Å². The van der Waals surface area contributed by atoms with Crippen molar-refractivity contribution in [2.45, 2.75) is 6.17 Å². The van der Waals surface area contributed by atoms with E-state index in [-0.39, 0.29) is 6.17 Å². The van der Waals surface area contributed by atoms with Crippen molar-refractivity contribution in [2.75, 3.05) is 5.32 Å². The first-order valence-corrected chi connectivity index (χ1v) is 18.8. The molecule has 1 unspecified atom stereocenters. The lowest BCUT2D eigenvalue weighted by Crippen LogP contribution is -2.19. The minimum absolute atomic E-state index is 0.310. The molecule has 1 aliphatic rings. The molecule has 4 heterocycles. The maximum atomic E-state index is 6.73. The molecule has 0 amide bonds. The maximum absolute atomic E-state index is 6.73. The van der Waals surface area contributed by atoms with Gasteiger partial charge in [-0.05, 0) is 52.6 Å². The van der Waals surface area contributed by atoms with Gasteiger partial charge in [0, 0.05) is 59.9 Å². The summed E-state index contributed by atoms with van der Waals surface area (Å²) in [6.45, 7) is 0. The van der Waals surface area contributed by atoms with Crippen LogP contribution < -0.4 is 5.32 Å². The molecule has 5 heteroatoms. The molecule has 4 nitrogen and oxygen atoms in total. The van der Waals surface area contributed by atoms with Gasteiger partial charge in [0.15, 0.2) is 0 Å². The van der Waals surface area contributed by atoms with E-state index in [2.05, 4.69) is 174 Å². The zero-order valence-electron chi connectivity index (χ0n) is 28.4. The molecule has 1 aliphatic heterocycles. The number of aromatic nitrogens is 1. The predicted octanol–water partition coefficient (Wildman–Crippen LogP) is 13.2. The second-order valence-electron chi connectivity index (χ2n) is 13.9. The first-order chi connectivity index (χ1) is 26.3. The zero-order chi connectivity index (χ0) is 34.6. The largest absolute Gasteiger partial charge is 0.456 e. The molecule has 0 aliphatic carbocycles. The van der Waals surface area contributed by atoms with E-state index in [0.717, 1.165) is 50.2 Å². The lowest BCUT2D eigenvalue weighted by Gasteiger charge is -2.25. The molecule has 0 spiro atoms. The van der Waals surface area contributed by atoms with Crippen LogP contribution in [0.5, 0.6) is 0 Å². The molecule has 0 saturated heterocycles. The molecule has 11 aromatic rings. The summed E-state index contributed by atoms with van der Waals surface area (Å²) in [5.74, 6) is 0. The summed E-state index contributed by atoms with van der Waals surface area (Å²) >= 11 is 1.80. The van der Waals surface area contributed by atoms with E-state index >= 15 is 0 Å². The Morgan fingerprint density at radius 1 is 0.566 bits per heavy atom. The van der Waals surface area contributed by atoms with Gasteiger partial charge >= 0.3 is 0 Å². The van der Waals surface area contributed by atoms with Crippen LogP contribution in [0, 0.1) is 0 Å². The molecular weight excluding hydrogens is 667 g/mol. The second-order valence-corrected chi connectivity index (χ2v) is 15.0. The van der Waals surface area contributed by atoms with E-state index in [1.807, 2.05) is 0 Å². The van der Waals surface area contributed by atoms with Crippen LogP contribution >= 0.6 is 11.3 Å². The third-order valence-electron chi connectivity index (χ3n) is 11.0. The van der Waals surface area contributed by atoms with Gasteiger partial charge in [-0.2, -0.15) is 0 Å². The van der Waals surface area contributed by atoms with Crippen molar-refractivity contribution in [2.24, 2.45) is 4.99 Å². The van der Waals surface area contributed by atoms with Crippen LogP contribution in [0.4, 0.5) is 5.69 Å². The third kappa shape index (κ3) is 4.20. The van der Waals surface area contributed by atoms with Crippen LogP contribution in [0.3, 0.4) is 0 Å². The monoisotopic (exact) mass is 695 g/mol. The average Bonchev–Trinajstić information content (AvgIpc) is 3.89. The number of hydrogen-bond acceptors (Lipinski definition) is 4. The third-order valence-corrected chi connectivity index (χ3v) is 12.2. The standard InChI is InChI=1S/C48H29N3OS/c1-2-12-30-26-31(21-20-28(30)10-1)44-47-45(37-15-6-8-19-42(37)53-47)50-48(49-44)38-16-9-18-40-43(38)36-25-23-32(27-41(36)52-40)51-39-17-7-5-14-34(39)35-24-22-29-11-3-4-13-33(29)46(35)51/h1-27,48,50H. The highest BCUT2D eigenvalue weighted by Crippen LogP contribution is 2.45. The molecule has 0 radical (unpaired) electrons. The second kappa shape index (κ2) is 10.9. The fourth-order valence-electron chi connectivity index (χ4n) is 8.61. The van der Waals surface area contributed by atoms with Crippen LogP contribution in [0.2, 0.25) is 0 Å². The molecule has 1 atom stereocenters. The highest BCUT2D eigenvalue weighted by atomic mass is 32.1. The number of benzene rings is 8. The number of rotatable bonds is 3. The average molecular weight is 696 g/mol. The molecule has 53 heavy (non-hydrogen) atoms. The van der Waals surface area contributed by atoms with Crippen LogP contribution in [-0.2, 0) is 0 Å². The van der Waals surface area contributed by atoms with Gasteiger partial charge in [-0.3, -0.25) is 4.99 Å². The highest BCUT2D eigenvalue weighted by molar-refractivity contribution is 7.22. The Kier molecular flexibility index (Phi) is 5.96. The number of hydrogen-bond donors (Lipinski definition) is 1. The van der Waals surface area contributed by atoms with E-state index in [1.165, 1.54) is 58.3 Å². The van der Waals surface area contributed by atoms with Gasteiger partial charge in [-0.15, -0.1) is 11.3 Å². The minimum Gasteiger partial charge on any atom is -0.456 e. The Balaban J connectivity index is 1.06. The first-order valence-electron chi connectivity index (χ1n) is 18.0. The lowest BCUT2D eigenvalue weighted by atomic mass is 9.98. The Labute approximate surface area is 307 Å². The first kappa shape index (κ1) is 28.9. The molecular formula is C48H29N3OS. The number of furan rings is 1. The summed E-state index contributed by atoms with van der Waals surface area (Å²) in [6.07, 6.45) is -0.310. The van der Waals surface area contributed by atoms with Crippen LogP contribution in [0.15, 0.2) is 173 Å². The van der Waals surface area contributed by atoms with Crippen molar-refractivity contribution < 1.29 is 4.42 Å². The smallest absolute Gasteiger partial charge is 0.146 e. The topological polar surface area (TPSA) is 42.5 Å². The van der Waals surface area contributed by atoms with Crippen LogP contribution in [0.25, 0.3) is 81.1 Å². The number of aliphatic imine (C=N–C) groups is 1. The number of fused-ring (bicyclic) bond motifs is 12. The van der Waals surface area contributed by atoms with E-state index in [9.17, 15) is 0 Å². The number of thiophene rings is 1. The lowest BCUT2D eigenvalue weighted by molar-refractivity contribution is 0.668. The Morgan fingerprint density at radius 2 is 1.32 bits per heavy atom. The molecule has 0 saturated carbocycles. The van der Waals surface area contributed by atoms with E-state index in [4.69, 9.17) is 9.41 Å². The minimum atomic E-state index is -0.310. The SMILES string of the molecule is c1ccc2cc(C3=NC(c4cccc5oc6cc(-n7c8ccccc8c8ccc9ccccc9c87)ccc6c45)Nc4c3sc3ccccc43)ccc2c1. The summed E-state index contributed by atoms with van der Waals surface area (Å²) in [5, 5.41) is 14.7. The van der Waals surface area contributed by atoms with Crippen LogP contribution in [0.1, 0.15) is 22.2 Å². The van der Waals surface area contributed by atoms with E-state index < -0.39 is 0 Å². The summed E-state index contributed by atoms with van der Waals surface area (Å²) in [6, 6.07) is 58.8. The van der Waals surface area contributed by atoms with Gasteiger partial charge in [0.1, 0.15) is 17.3 Å². The summed E-state index contributed by atoms with van der Waals surface area (Å²) < 4.78 is 10.4. The molecule has 12 rings (SSSR count). The normalized spacial score (nSPS) is 14.5. The van der Waals surface area contributed by atoms with E-state index in [0.29, 0.717) is 0 Å². The maximum Gasteiger partial charge on any atom is 0.146 e. The fourth-order valence-corrected chi connectivity index (χ4v) is 9.79. The van der Waals surface area contributed by atoms with Gasteiger partial charge in [0.2, 0.25) is 0 Å². The van der Waals surface area contributed by atoms with Crippen molar-refractivity contribution in [1.82, 2.24) is 4.57 Å². The van der Waals surface area contributed by atoms with Gasteiger partial charge in [0.05, 0.1) is 27.3 Å². The summed E-state index contributed by atoms with van der Waals surface area (Å²) in [4.78, 5) is 6.70. The van der Waals surface area contributed by atoms with Gasteiger partial charge < -0.3 is 14.3 Å². The number of nitrogens with zero attached hydrogens (tertiary/aromatic N) is 2. The molecule has 3 aromatic heterocycles. The van der Waals surface area contributed by atoms with Crippen molar-refractivity contribution in [3.8, 4) is 5.69 Å². The molecule has 248 valence electrons. The Bertz CT molecular complexity index is 3340.